The molecule has 5 atom stereocenters. The normalized spacial score (nSPS) is 25.3. The molecule has 1 N–H and O–H groups in total. The molecular formula is C18H23N5O9. The summed E-state index contributed by atoms with van der Waals surface area (Å²) in [6.07, 6.45) is -3.79. The van der Waals surface area contributed by atoms with E-state index in [0.717, 1.165) is 23.9 Å². The fourth-order valence-corrected chi connectivity index (χ4v) is 3.22. The lowest BCUT2D eigenvalue weighted by Crippen LogP contribution is -2.52. The number of esters is 3. The summed E-state index contributed by atoms with van der Waals surface area (Å²) in [6.45, 7) is 4.29. The lowest BCUT2D eigenvalue weighted by Gasteiger charge is -2.33. The first-order valence-corrected chi connectivity index (χ1v) is 9.67. The molecule has 1 aliphatic rings. The van der Waals surface area contributed by atoms with E-state index in [-0.39, 0.29) is 12.8 Å². The van der Waals surface area contributed by atoms with E-state index in [2.05, 4.69) is 10.0 Å². The number of nitrogens with one attached hydrogen (secondary N) is 1. The van der Waals surface area contributed by atoms with Gasteiger partial charge < -0.3 is 18.9 Å². The molecule has 0 radical (unpaired) electrons. The first-order chi connectivity index (χ1) is 15.1. The van der Waals surface area contributed by atoms with Gasteiger partial charge in [-0.05, 0) is 12.5 Å². The number of rotatable bonds is 8. The molecule has 2 rings (SSSR count). The summed E-state index contributed by atoms with van der Waals surface area (Å²) in [5.74, 6) is -3.77. The van der Waals surface area contributed by atoms with Gasteiger partial charge in [-0.2, -0.15) is 0 Å². The standard InChI is InChI=1S/C18H23N5O9/c1-5-11(25)30-13-14(31-12(26)6-2)18(21-22-19,9(3)16(27)29-4)32-15(13)23-8-7-10(24)20-17(23)28/h7-9,13-15H,5-6H2,1-4H3,(H,20,24,28)/t9?,13-,14+,15-,18-/m1/s1. The largest absolute Gasteiger partial charge is 0.469 e. The van der Waals surface area contributed by atoms with Crippen molar-refractivity contribution >= 4 is 17.9 Å². The molecular weight excluding hydrogens is 430 g/mol. The Morgan fingerprint density at radius 1 is 1.28 bits per heavy atom. The number of carbonyl (C=O) groups is 3. The number of aromatic amines is 1. The highest BCUT2D eigenvalue weighted by atomic mass is 16.7. The van der Waals surface area contributed by atoms with Crippen LogP contribution in [0.25, 0.3) is 10.4 Å². The molecule has 1 aromatic rings. The molecule has 1 aliphatic heterocycles. The van der Waals surface area contributed by atoms with E-state index in [1.54, 1.807) is 0 Å². The van der Waals surface area contributed by atoms with Crippen LogP contribution < -0.4 is 11.2 Å². The fourth-order valence-electron chi connectivity index (χ4n) is 3.22. The summed E-state index contributed by atoms with van der Waals surface area (Å²) in [5.41, 5.74) is 5.34. The van der Waals surface area contributed by atoms with Gasteiger partial charge in [-0.15, -0.1) is 0 Å². The van der Waals surface area contributed by atoms with Gasteiger partial charge in [0.1, 0.15) is 0 Å². The Morgan fingerprint density at radius 3 is 2.44 bits per heavy atom. The Kier molecular flexibility index (Phi) is 7.78. The molecule has 1 unspecified atom stereocenters. The topological polar surface area (TPSA) is 192 Å². The van der Waals surface area contributed by atoms with Crippen LogP contribution in [0.15, 0.2) is 27.0 Å². The first-order valence-electron chi connectivity index (χ1n) is 9.67. The summed E-state index contributed by atoms with van der Waals surface area (Å²) in [4.78, 5) is 65.4. The van der Waals surface area contributed by atoms with Crippen molar-refractivity contribution in [3.63, 3.8) is 0 Å². The van der Waals surface area contributed by atoms with Gasteiger partial charge in [0.2, 0.25) is 5.72 Å². The van der Waals surface area contributed by atoms with Crippen LogP contribution >= 0.6 is 0 Å². The average Bonchev–Trinajstić information content (AvgIpc) is 3.06. The molecule has 0 amide bonds. The molecule has 0 aliphatic carbocycles. The second-order valence-electron chi connectivity index (χ2n) is 6.78. The Morgan fingerprint density at radius 2 is 1.91 bits per heavy atom. The number of azide groups is 1. The summed E-state index contributed by atoms with van der Waals surface area (Å²) in [6, 6.07) is 1.01. The van der Waals surface area contributed by atoms with E-state index in [0.29, 0.717) is 0 Å². The highest BCUT2D eigenvalue weighted by molar-refractivity contribution is 5.74. The molecule has 0 spiro atoms. The third-order valence-corrected chi connectivity index (χ3v) is 4.90. The maximum absolute atomic E-state index is 12.4. The van der Waals surface area contributed by atoms with Crippen LogP contribution in [0.2, 0.25) is 0 Å². The zero-order valence-corrected chi connectivity index (χ0v) is 17.8. The van der Waals surface area contributed by atoms with Crippen LogP contribution in [-0.4, -0.2) is 52.5 Å². The molecule has 14 nitrogen and oxygen atoms in total. The van der Waals surface area contributed by atoms with Crippen molar-refractivity contribution in [2.75, 3.05) is 7.11 Å². The van der Waals surface area contributed by atoms with Gasteiger partial charge in [-0.3, -0.25) is 28.7 Å². The van der Waals surface area contributed by atoms with Crippen molar-refractivity contribution < 1.29 is 33.3 Å². The molecule has 0 saturated carbocycles. The lowest BCUT2D eigenvalue weighted by atomic mass is 9.91. The van der Waals surface area contributed by atoms with Gasteiger partial charge in [0, 0.05) is 30.0 Å². The van der Waals surface area contributed by atoms with Crippen LogP contribution in [0.4, 0.5) is 0 Å². The van der Waals surface area contributed by atoms with Crippen molar-refractivity contribution in [1.82, 2.24) is 9.55 Å². The van der Waals surface area contributed by atoms with Crippen molar-refractivity contribution in [2.24, 2.45) is 11.0 Å². The summed E-state index contributed by atoms with van der Waals surface area (Å²) in [5, 5.41) is 3.60. The zero-order chi connectivity index (χ0) is 24.1. The van der Waals surface area contributed by atoms with Gasteiger partial charge in [0.25, 0.3) is 5.56 Å². The maximum atomic E-state index is 12.4. The van der Waals surface area contributed by atoms with Gasteiger partial charge in [-0.1, -0.05) is 19.0 Å². The van der Waals surface area contributed by atoms with Crippen molar-refractivity contribution in [1.29, 1.82) is 0 Å². The van der Waals surface area contributed by atoms with Gasteiger partial charge in [0.15, 0.2) is 18.4 Å². The van der Waals surface area contributed by atoms with Crippen molar-refractivity contribution in [3.8, 4) is 0 Å². The number of carbonyl (C=O) groups excluding carboxylic acids is 3. The van der Waals surface area contributed by atoms with Crippen molar-refractivity contribution in [2.45, 2.75) is 57.8 Å². The smallest absolute Gasteiger partial charge is 0.330 e. The molecule has 174 valence electrons. The van der Waals surface area contributed by atoms with Crippen LogP contribution in [0.1, 0.15) is 39.8 Å². The average molecular weight is 453 g/mol. The third kappa shape index (κ3) is 4.65. The monoisotopic (exact) mass is 453 g/mol. The number of hydrogen-bond donors (Lipinski definition) is 1. The molecule has 1 aromatic heterocycles. The third-order valence-electron chi connectivity index (χ3n) is 4.90. The van der Waals surface area contributed by atoms with E-state index in [1.807, 2.05) is 4.98 Å². The molecule has 14 heteroatoms. The van der Waals surface area contributed by atoms with Crippen LogP contribution in [0.3, 0.4) is 0 Å². The molecule has 1 fully saturated rings. The fraction of sp³-hybridized carbons (Fsp3) is 0.611. The minimum Gasteiger partial charge on any atom is -0.469 e. The first kappa shape index (κ1) is 24.6. The SMILES string of the molecule is CCC(=O)O[C@H]1[C@H](n2ccc(=O)[nH]c2=O)O[C@](N=[N+]=[N-])(C(C)C(=O)OC)[C@H]1OC(=O)CC. The summed E-state index contributed by atoms with van der Waals surface area (Å²) in [7, 11) is 1.09. The number of aromatic nitrogens is 2. The second-order valence-corrected chi connectivity index (χ2v) is 6.78. The van der Waals surface area contributed by atoms with E-state index in [4.69, 9.17) is 18.9 Å². The Bertz CT molecular complexity index is 1040. The van der Waals surface area contributed by atoms with Crippen LogP contribution in [0, 0.1) is 5.92 Å². The van der Waals surface area contributed by atoms with Gasteiger partial charge >= 0.3 is 23.6 Å². The molecule has 32 heavy (non-hydrogen) atoms. The summed E-state index contributed by atoms with van der Waals surface area (Å²) >= 11 is 0. The van der Waals surface area contributed by atoms with E-state index in [1.165, 1.54) is 20.8 Å². The Hall–Kier alpha value is -3.64. The van der Waals surface area contributed by atoms with Gasteiger partial charge in [-0.25, -0.2) is 4.79 Å². The number of H-pyrrole nitrogens is 1. The maximum Gasteiger partial charge on any atom is 0.330 e. The highest BCUT2D eigenvalue weighted by Crippen LogP contribution is 2.46. The molecule has 1 saturated heterocycles. The Balaban J connectivity index is 2.77. The molecule has 0 bridgehead atoms. The van der Waals surface area contributed by atoms with E-state index < -0.39 is 59.2 Å². The van der Waals surface area contributed by atoms with Crippen LogP contribution in [0.5, 0.6) is 0 Å². The second kappa shape index (κ2) is 10.1. The predicted octanol–water partition coefficient (Wildman–Crippen LogP) is 0.525. The van der Waals surface area contributed by atoms with Gasteiger partial charge in [0.05, 0.1) is 13.0 Å². The van der Waals surface area contributed by atoms with Crippen molar-refractivity contribution in [3.05, 3.63) is 43.5 Å². The number of nitrogens with zero attached hydrogens (tertiary/aromatic N) is 4. The number of hydrogen-bond acceptors (Lipinski definition) is 10. The quantitative estimate of drug-likeness (QED) is 0.192. The lowest BCUT2D eigenvalue weighted by molar-refractivity contribution is -0.183. The number of methoxy groups -OCH3 is 1. The predicted molar refractivity (Wildman–Crippen MR) is 105 cm³/mol. The zero-order valence-electron chi connectivity index (χ0n) is 17.8. The van der Waals surface area contributed by atoms with E-state index in [9.17, 15) is 29.5 Å². The minimum absolute atomic E-state index is 0.0841. The minimum atomic E-state index is -2.24. The summed E-state index contributed by atoms with van der Waals surface area (Å²) < 4.78 is 22.3. The number of ether oxygens (including phenoxy) is 4. The van der Waals surface area contributed by atoms with E-state index >= 15 is 0 Å². The Labute approximate surface area is 181 Å². The molecule has 0 aromatic carbocycles. The highest BCUT2D eigenvalue weighted by Gasteiger charge is 2.64. The molecule has 2 heterocycles. The van der Waals surface area contributed by atoms with Crippen LogP contribution in [-0.2, 0) is 33.3 Å².